The van der Waals surface area contributed by atoms with Gasteiger partial charge in [0.15, 0.2) is 0 Å². The van der Waals surface area contributed by atoms with E-state index >= 15 is 0 Å². The second kappa shape index (κ2) is 9.36. The van der Waals surface area contributed by atoms with E-state index in [1.807, 2.05) is 11.4 Å². The number of halogens is 1. The molecule has 2 aliphatic rings. The quantitative estimate of drug-likeness (QED) is 0.673. The first-order chi connectivity index (χ1) is 14.5. The molecule has 1 amide bonds. The van der Waals surface area contributed by atoms with Crippen LogP contribution >= 0.6 is 22.9 Å². The summed E-state index contributed by atoms with van der Waals surface area (Å²) >= 11 is 7.95. The Labute approximate surface area is 186 Å². The Bertz CT molecular complexity index is 983. The van der Waals surface area contributed by atoms with E-state index in [2.05, 4.69) is 16.3 Å². The van der Waals surface area contributed by atoms with Gasteiger partial charge in [0, 0.05) is 24.5 Å². The lowest BCUT2D eigenvalue weighted by Gasteiger charge is -2.27. The van der Waals surface area contributed by atoms with Gasteiger partial charge in [-0.3, -0.25) is 9.69 Å². The summed E-state index contributed by atoms with van der Waals surface area (Å²) in [5, 5.41) is 5.28. The molecule has 3 heterocycles. The Morgan fingerprint density at radius 2 is 1.80 bits per heavy atom. The number of sulfonamides is 1. The average Bonchev–Trinajstić information content (AvgIpc) is 3.51. The molecule has 0 bridgehead atoms. The summed E-state index contributed by atoms with van der Waals surface area (Å²) in [7, 11) is -3.60. The summed E-state index contributed by atoms with van der Waals surface area (Å²) < 4.78 is 27.2. The first-order valence-corrected chi connectivity index (χ1v) is 13.0. The summed E-state index contributed by atoms with van der Waals surface area (Å²) in [6, 6.07) is 8.61. The molecular weight excluding hydrogens is 442 g/mol. The zero-order valence-electron chi connectivity index (χ0n) is 16.7. The van der Waals surface area contributed by atoms with Crippen molar-refractivity contribution in [1.29, 1.82) is 0 Å². The van der Waals surface area contributed by atoms with Crippen LogP contribution in [0.2, 0.25) is 5.02 Å². The summed E-state index contributed by atoms with van der Waals surface area (Å²) in [6.07, 6.45) is 4.05. The van der Waals surface area contributed by atoms with E-state index in [1.165, 1.54) is 27.4 Å². The van der Waals surface area contributed by atoms with Crippen molar-refractivity contribution in [2.24, 2.45) is 0 Å². The fourth-order valence-electron chi connectivity index (χ4n) is 4.14. The van der Waals surface area contributed by atoms with Gasteiger partial charge in [0.25, 0.3) is 5.91 Å². The number of carbonyl (C=O) groups is 1. The van der Waals surface area contributed by atoms with Crippen molar-refractivity contribution in [3.8, 4) is 0 Å². The Kier molecular flexibility index (Phi) is 6.79. The van der Waals surface area contributed by atoms with Crippen LogP contribution in [0.25, 0.3) is 0 Å². The number of carbonyl (C=O) groups excluding carboxylic acids is 1. The second-order valence-electron chi connectivity index (χ2n) is 7.74. The van der Waals surface area contributed by atoms with Gasteiger partial charge in [-0.05, 0) is 68.4 Å². The largest absolute Gasteiger partial charge is 0.350 e. The molecule has 2 aliphatic heterocycles. The van der Waals surface area contributed by atoms with Gasteiger partial charge in [-0.1, -0.05) is 17.7 Å². The van der Waals surface area contributed by atoms with Crippen LogP contribution in [0.1, 0.15) is 47.0 Å². The lowest BCUT2D eigenvalue weighted by atomic mass is 10.1. The Balaban J connectivity index is 1.51. The van der Waals surface area contributed by atoms with E-state index in [0.29, 0.717) is 19.6 Å². The van der Waals surface area contributed by atoms with Gasteiger partial charge in [0.05, 0.1) is 21.5 Å². The first kappa shape index (κ1) is 21.8. The summed E-state index contributed by atoms with van der Waals surface area (Å²) in [5.41, 5.74) is 0.197. The molecule has 0 spiro atoms. The first-order valence-electron chi connectivity index (χ1n) is 10.3. The lowest BCUT2D eigenvalue weighted by Crippen LogP contribution is -2.36. The second-order valence-corrected chi connectivity index (χ2v) is 11.1. The number of likely N-dealkylation sites (tertiary alicyclic amines) is 1. The number of hydrogen-bond donors (Lipinski definition) is 1. The lowest BCUT2D eigenvalue weighted by molar-refractivity contribution is 0.0938. The third-order valence-electron chi connectivity index (χ3n) is 5.79. The van der Waals surface area contributed by atoms with Crippen LogP contribution in [-0.2, 0) is 10.0 Å². The van der Waals surface area contributed by atoms with Crippen LogP contribution in [-0.4, -0.2) is 56.3 Å². The van der Waals surface area contributed by atoms with Gasteiger partial charge in [-0.25, -0.2) is 8.42 Å². The molecule has 1 N–H and O–H groups in total. The minimum absolute atomic E-state index is 0.117. The van der Waals surface area contributed by atoms with E-state index in [1.54, 1.807) is 11.3 Å². The Hall–Kier alpha value is -1.45. The van der Waals surface area contributed by atoms with Gasteiger partial charge in [-0.2, -0.15) is 4.31 Å². The van der Waals surface area contributed by atoms with E-state index in [0.717, 1.165) is 38.8 Å². The van der Waals surface area contributed by atoms with Crippen molar-refractivity contribution in [3.05, 3.63) is 51.2 Å². The third kappa shape index (κ3) is 4.57. The van der Waals surface area contributed by atoms with Crippen LogP contribution in [0, 0.1) is 0 Å². The molecule has 2 saturated heterocycles. The number of thiophene rings is 1. The minimum atomic E-state index is -3.60. The topological polar surface area (TPSA) is 69.7 Å². The van der Waals surface area contributed by atoms with Gasteiger partial charge in [0.2, 0.25) is 10.0 Å². The molecule has 1 aromatic carbocycles. The molecule has 30 heavy (non-hydrogen) atoms. The minimum Gasteiger partial charge on any atom is -0.350 e. The molecule has 4 rings (SSSR count). The number of hydrogen-bond acceptors (Lipinski definition) is 5. The van der Waals surface area contributed by atoms with Crippen molar-refractivity contribution >= 4 is 38.9 Å². The van der Waals surface area contributed by atoms with E-state index in [4.69, 9.17) is 11.6 Å². The van der Waals surface area contributed by atoms with Crippen molar-refractivity contribution in [3.63, 3.8) is 0 Å². The molecule has 0 aliphatic carbocycles. The van der Waals surface area contributed by atoms with Crippen LogP contribution in [0.3, 0.4) is 0 Å². The normalized spacial score (nSPS) is 19.2. The van der Waals surface area contributed by atoms with Crippen molar-refractivity contribution in [1.82, 2.24) is 14.5 Å². The molecule has 2 fully saturated rings. The van der Waals surface area contributed by atoms with Gasteiger partial charge < -0.3 is 5.32 Å². The molecule has 1 atom stereocenters. The predicted molar refractivity (Wildman–Crippen MR) is 120 cm³/mol. The zero-order chi connectivity index (χ0) is 21.1. The summed E-state index contributed by atoms with van der Waals surface area (Å²) in [5.74, 6) is -0.348. The number of benzene rings is 1. The summed E-state index contributed by atoms with van der Waals surface area (Å²) in [6.45, 7) is 3.53. The number of nitrogens with one attached hydrogen (secondary N) is 1. The fourth-order valence-corrected chi connectivity index (χ4v) is 6.75. The molecular formula is C21H26ClN3O3S2. The standard InChI is InChI=1S/C21H26ClN3O3S2/c22-18-8-7-16(30(27,28)25-11-3-4-12-25)14-17(18)21(26)23-15-19(20-6-5-13-29-20)24-9-1-2-10-24/h5-8,13-14,19H,1-4,9-12,15H2,(H,23,26). The average molecular weight is 468 g/mol. The number of amides is 1. The highest BCUT2D eigenvalue weighted by Crippen LogP contribution is 2.29. The van der Waals surface area contributed by atoms with Crippen molar-refractivity contribution < 1.29 is 13.2 Å². The van der Waals surface area contributed by atoms with Gasteiger partial charge in [0.1, 0.15) is 0 Å². The maximum Gasteiger partial charge on any atom is 0.252 e. The van der Waals surface area contributed by atoms with E-state index in [-0.39, 0.29) is 27.4 Å². The Morgan fingerprint density at radius 1 is 1.10 bits per heavy atom. The fraction of sp³-hybridized carbons (Fsp3) is 0.476. The number of nitrogens with zero attached hydrogens (tertiary/aromatic N) is 2. The van der Waals surface area contributed by atoms with Gasteiger partial charge in [-0.15, -0.1) is 11.3 Å². The molecule has 0 radical (unpaired) electrons. The zero-order valence-corrected chi connectivity index (χ0v) is 19.1. The highest BCUT2D eigenvalue weighted by Gasteiger charge is 2.29. The highest BCUT2D eigenvalue weighted by molar-refractivity contribution is 7.89. The van der Waals surface area contributed by atoms with Gasteiger partial charge >= 0.3 is 0 Å². The predicted octanol–water partition coefficient (Wildman–Crippen LogP) is 3.75. The Morgan fingerprint density at radius 3 is 2.47 bits per heavy atom. The van der Waals surface area contributed by atoms with Crippen LogP contribution in [0.5, 0.6) is 0 Å². The van der Waals surface area contributed by atoms with E-state index < -0.39 is 10.0 Å². The highest BCUT2D eigenvalue weighted by atomic mass is 35.5. The van der Waals surface area contributed by atoms with Crippen molar-refractivity contribution in [2.75, 3.05) is 32.7 Å². The molecule has 0 saturated carbocycles. The smallest absolute Gasteiger partial charge is 0.252 e. The monoisotopic (exact) mass is 467 g/mol. The molecule has 6 nitrogen and oxygen atoms in total. The maximum absolute atomic E-state index is 12.9. The number of rotatable bonds is 7. The maximum atomic E-state index is 12.9. The molecule has 9 heteroatoms. The van der Waals surface area contributed by atoms with Crippen LogP contribution in [0.15, 0.2) is 40.6 Å². The van der Waals surface area contributed by atoms with Crippen molar-refractivity contribution in [2.45, 2.75) is 36.6 Å². The SMILES string of the molecule is O=C(NCC(c1cccs1)N1CCCC1)c1cc(S(=O)(=O)N2CCCC2)ccc1Cl. The van der Waals surface area contributed by atoms with Crippen LogP contribution in [0.4, 0.5) is 0 Å². The molecule has 1 unspecified atom stereocenters. The molecule has 1 aromatic heterocycles. The third-order valence-corrected chi connectivity index (χ3v) is 8.99. The summed E-state index contributed by atoms with van der Waals surface area (Å²) in [4.78, 5) is 16.7. The van der Waals surface area contributed by atoms with E-state index in [9.17, 15) is 13.2 Å². The molecule has 162 valence electrons. The van der Waals surface area contributed by atoms with Crippen LogP contribution < -0.4 is 5.32 Å². The molecule has 2 aromatic rings.